The van der Waals surface area contributed by atoms with Crippen LogP contribution in [0, 0.1) is 0 Å². The lowest BCUT2D eigenvalue weighted by atomic mass is 9.92. The van der Waals surface area contributed by atoms with Crippen LogP contribution >= 0.6 is 27.5 Å². The van der Waals surface area contributed by atoms with Crippen molar-refractivity contribution in [1.82, 2.24) is 9.27 Å². The zero-order chi connectivity index (χ0) is 15.9. The van der Waals surface area contributed by atoms with Crippen LogP contribution < -0.4 is 5.73 Å². The zero-order valence-corrected chi connectivity index (χ0v) is 14.9. The van der Waals surface area contributed by atoms with Gasteiger partial charge in [-0.25, -0.2) is 4.99 Å². The van der Waals surface area contributed by atoms with Crippen LogP contribution in [0.25, 0.3) is 11.3 Å². The maximum Gasteiger partial charge on any atom is 0.196 e. The van der Waals surface area contributed by atoms with E-state index in [4.69, 9.17) is 5.73 Å². The first-order chi connectivity index (χ1) is 10.4. The van der Waals surface area contributed by atoms with Crippen molar-refractivity contribution in [2.24, 2.45) is 10.7 Å². The molecule has 22 heavy (non-hydrogen) atoms. The Morgan fingerprint density at radius 3 is 2.86 bits per heavy atom. The molecule has 0 saturated carbocycles. The number of benzene rings is 1. The number of hydrogen-bond donors (Lipinski definition) is 1. The van der Waals surface area contributed by atoms with Gasteiger partial charge < -0.3 is 10.6 Å². The van der Waals surface area contributed by atoms with Gasteiger partial charge >= 0.3 is 0 Å². The molecule has 0 aliphatic carbocycles. The van der Waals surface area contributed by atoms with Crippen molar-refractivity contribution in [2.45, 2.75) is 18.9 Å². The number of guanidine groups is 1. The fourth-order valence-corrected chi connectivity index (χ4v) is 3.73. The molecule has 0 bridgehead atoms. The van der Waals surface area contributed by atoms with E-state index in [9.17, 15) is 0 Å². The van der Waals surface area contributed by atoms with E-state index >= 15 is 0 Å². The summed E-state index contributed by atoms with van der Waals surface area (Å²) >= 11 is 4.97. The SMILES string of the molecule is C=C1C[C@@](C)(c2cc(-c3cccc(Br)c3)ns2)N=C(N)N1C. The summed E-state index contributed by atoms with van der Waals surface area (Å²) in [4.78, 5) is 7.59. The molecule has 0 radical (unpaired) electrons. The van der Waals surface area contributed by atoms with Crippen LogP contribution in [-0.2, 0) is 5.54 Å². The summed E-state index contributed by atoms with van der Waals surface area (Å²) in [7, 11) is 1.89. The van der Waals surface area contributed by atoms with Gasteiger partial charge in [-0.3, -0.25) is 0 Å². The summed E-state index contributed by atoms with van der Waals surface area (Å²) in [6.07, 6.45) is 0.740. The number of aliphatic imine (C=N–C) groups is 1. The standard InChI is InChI=1S/C16H17BrN4S/c1-10-9-16(2,19-15(18)21(10)3)14-8-13(20-22-14)11-5-4-6-12(17)7-11/h4-8H,1,9H2,2-3H3,(H2,18,19)/t16-/m0/s1. The van der Waals surface area contributed by atoms with Gasteiger partial charge in [0.15, 0.2) is 5.96 Å². The molecule has 0 spiro atoms. The smallest absolute Gasteiger partial charge is 0.196 e. The van der Waals surface area contributed by atoms with E-state index in [1.807, 2.05) is 24.1 Å². The van der Waals surface area contributed by atoms with Crippen molar-refractivity contribution in [3.8, 4) is 11.3 Å². The largest absolute Gasteiger partial charge is 0.370 e. The molecule has 6 heteroatoms. The molecule has 114 valence electrons. The number of rotatable bonds is 2. The molecule has 0 unspecified atom stereocenters. The summed E-state index contributed by atoms with van der Waals surface area (Å²) in [5.74, 6) is 0.496. The van der Waals surface area contributed by atoms with E-state index in [-0.39, 0.29) is 0 Å². The van der Waals surface area contributed by atoms with Gasteiger partial charge in [-0.2, -0.15) is 4.37 Å². The molecule has 2 aromatic rings. The van der Waals surface area contributed by atoms with E-state index in [2.05, 4.69) is 57.0 Å². The van der Waals surface area contributed by atoms with Crippen LogP contribution in [0.5, 0.6) is 0 Å². The third-order valence-corrected chi connectivity index (χ3v) is 5.42. The number of aromatic nitrogens is 1. The predicted molar refractivity (Wildman–Crippen MR) is 95.7 cm³/mol. The Kier molecular flexibility index (Phi) is 3.82. The Morgan fingerprint density at radius 1 is 1.41 bits per heavy atom. The highest BCUT2D eigenvalue weighted by Crippen LogP contribution is 2.39. The van der Waals surface area contributed by atoms with Crippen LogP contribution in [0.15, 0.2) is 52.1 Å². The fraction of sp³-hybridized carbons (Fsp3) is 0.250. The summed E-state index contributed by atoms with van der Waals surface area (Å²) in [5, 5.41) is 0. The minimum absolute atomic E-state index is 0.393. The average Bonchev–Trinajstić information content (AvgIpc) is 2.95. The number of nitrogens with zero attached hydrogens (tertiary/aromatic N) is 3. The summed E-state index contributed by atoms with van der Waals surface area (Å²) < 4.78 is 5.63. The van der Waals surface area contributed by atoms with Crippen LogP contribution in [-0.4, -0.2) is 22.3 Å². The minimum Gasteiger partial charge on any atom is -0.370 e. The molecule has 1 aromatic heterocycles. The lowest BCUT2D eigenvalue weighted by Crippen LogP contribution is -2.42. The van der Waals surface area contributed by atoms with E-state index in [1.54, 1.807) is 0 Å². The Balaban J connectivity index is 1.99. The third-order valence-electron chi connectivity index (χ3n) is 3.89. The topological polar surface area (TPSA) is 54.5 Å². The van der Waals surface area contributed by atoms with Gasteiger partial charge in [-0.05, 0) is 36.7 Å². The molecular weight excluding hydrogens is 360 g/mol. The first-order valence-electron chi connectivity index (χ1n) is 6.89. The van der Waals surface area contributed by atoms with Gasteiger partial charge in [0.1, 0.15) is 5.54 Å². The predicted octanol–water partition coefficient (Wildman–Crippen LogP) is 3.95. The first-order valence-corrected chi connectivity index (χ1v) is 8.46. The second-order valence-corrected chi connectivity index (χ2v) is 7.35. The quantitative estimate of drug-likeness (QED) is 0.862. The molecule has 1 aliphatic heterocycles. The van der Waals surface area contributed by atoms with Gasteiger partial charge in [0, 0.05) is 29.2 Å². The number of halogens is 1. The fourth-order valence-electron chi connectivity index (χ4n) is 2.50. The van der Waals surface area contributed by atoms with Gasteiger partial charge in [-0.1, -0.05) is 34.6 Å². The van der Waals surface area contributed by atoms with E-state index in [0.29, 0.717) is 5.96 Å². The van der Waals surface area contributed by atoms with Gasteiger partial charge in [0.05, 0.1) is 10.6 Å². The van der Waals surface area contributed by atoms with Crippen molar-refractivity contribution in [3.05, 3.63) is 52.0 Å². The molecule has 4 nitrogen and oxygen atoms in total. The first kappa shape index (κ1) is 15.2. The van der Waals surface area contributed by atoms with Crippen molar-refractivity contribution >= 4 is 33.4 Å². The second-order valence-electron chi connectivity index (χ2n) is 5.63. The molecule has 1 atom stereocenters. The van der Waals surface area contributed by atoms with Crippen molar-refractivity contribution in [3.63, 3.8) is 0 Å². The minimum atomic E-state index is -0.393. The maximum atomic E-state index is 6.01. The van der Waals surface area contributed by atoms with E-state index in [0.717, 1.165) is 32.7 Å². The summed E-state index contributed by atoms with van der Waals surface area (Å²) in [6.45, 7) is 6.17. The molecule has 0 fully saturated rings. The normalized spacial score (nSPS) is 21.9. The van der Waals surface area contributed by atoms with Gasteiger partial charge in [0.25, 0.3) is 0 Å². The monoisotopic (exact) mass is 376 g/mol. The van der Waals surface area contributed by atoms with Crippen LogP contribution in [0.1, 0.15) is 18.2 Å². The molecule has 1 aliphatic rings. The van der Waals surface area contributed by atoms with E-state index < -0.39 is 5.54 Å². The third kappa shape index (κ3) is 2.68. The van der Waals surface area contributed by atoms with Crippen molar-refractivity contribution in [2.75, 3.05) is 7.05 Å². The highest BCUT2D eigenvalue weighted by Gasteiger charge is 2.35. The summed E-state index contributed by atoms with van der Waals surface area (Å²) in [5.41, 5.74) is 8.63. The highest BCUT2D eigenvalue weighted by atomic mass is 79.9. The Bertz CT molecular complexity index is 767. The molecule has 2 N–H and O–H groups in total. The van der Waals surface area contributed by atoms with Gasteiger partial charge in [0.2, 0.25) is 0 Å². The lowest BCUT2D eigenvalue weighted by Gasteiger charge is -2.35. The lowest BCUT2D eigenvalue weighted by molar-refractivity contribution is 0.406. The molecule has 0 amide bonds. The number of hydrogen-bond acceptors (Lipinski definition) is 5. The Labute approximate surface area is 142 Å². The van der Waals surface area contributed by atoms with Crippen LogP contribution in [0.3, 0.4) is 0 Å². The Hall–Kier alpha value is -1.66. The molecule has 3 rings (SSSR count). The highest BCUT2D eigenvalue weighted by molar-refractivity contribution is 9.10. The summed E-state index contributed by atoms with van der Waals surface area (Å²) in [6, 6.07) is 10.2. The average molecular weight is 377 g/mol. The van der Waals surface area contributed by atoms with Crippen LogP contribution in [0.4, 0.5) is 0 Å². The van der Waals surface area contributed by atoms with Gasteiger partial charge in [-0.15, -0.1) is 0 Å². The van der Waals surface area contributed by atoms with Crippen molar-refractivity contribution < 1.29 is 0 Å². The maximum absolute atomic E-state index is 6.01. The molecule has 2 heterocycles. The molecule has 0 saturated heterocycles. The van der Waals surface area contributed by atoms with E-state index in [1.165, 1.54) is 11.5 Å². The molecule has 1 aromatic carbocycles. The van der Waals surface area contributed by atoms with Crippen LogP contribution in [0.2, 0.25) is 0 Å². The molecular formula is C16H17BrN4S. The Morgan fingerprint density at radius 2 is 2.18 bits per heavy atom. The zero-order valence-electron chi connectivity index (χ0n) is 12.5. The number of nitrogens with two attached hydrogens (primary N) is 1. The second kappa shape index (κ2) is 5.52. The van der Waals surface area contributed by atoms with Crippen molar-refractivity contribution in [1.29, 1.82) is 0 Å².